The Balaban J connectivity index is 1.83. The van der Waals surface area contributed by atoms with Crippen molar-refractivity contribution in [2.75, 3.05) is 20.2 Å². The summed E-state index contributed by atoms with van der Waals surface area (Å²) in [6, 6.07) is 6.50. The van der Waals surface area contributed by atoms with Gasteiger partial charge in [-0.15, -0.1) is 0 Å². The second-order valence-corrected chi connectivity index (χ2v) is 6.30. The number of likely N-dealkylation sites (N-methyl/N-ethyl adjacent to an activating group) is 1. The summed E-state index contributed by atoms with van der Waals surface area (Å²) in [5.41, 5.74) is -1.67. The van der Waals surface area contributed by atoms with Gasteiger partial charge in [0.15, 0.2) is 0 Å². The van der Waals surface area contributed by atoms with Gasteiger partial charge in [-0.3, -0.25) is 4.79 Å². The van der Waals surface area contributed by atoms with E-state index in [0.717, 1.165) is 12.1 Å². The van der Waals surface area contributed by atoms with Crippen LogP contribution in [0.15, 0.2) is 24.3 Å². The molecular weight excluding hydrogens is 321 g/mol. The van der Waals surface area contributed by atoms with Crippen LogP contribution in [0.2, 0.25) is 0 Å². The maximum absolute atomic E-state index is 12.5. The molecule has 0 radical (unpaired) electrons. The summed E-state index contributed by atoms with van der Waals surface area (Å²) in [5, 5.41) is 9.25. The van der Waals surface area contributed by atoms with Crippen LogP contribution >= 0.6 is 0 Å². The summed E-state index contributed by atoms with van der Waals surface area (Å²) < 4.78 is 42.8. The molecule has 0 bridgehead atoms. The van der Waals surface area contributed by atoms with Crippen molar-refractivity contribution in [2.24, 2.45) is 11.3 Å². The molecule has 0 atom stereocenters. The number of ether oxygens (including phenoxy) is 1. The van der Waals surface area contributed by atoms with Crippen LogP contribution in [-0.2, 0) is 11.0 Å². The standard InChI is InChI=1S/C17H19F3N2O2/c1-12-9-16(10-12,11-21)15(23)22(2)7-8-24-14-5-3-13(4-6-14)17(18,19)20/h3-6,12H,7-10H2,1-2H3. The highest BCUT2D eigenvalue weighted by molar-refractivity contribution is 5.86. The van der Waals surface area contributed by atoms with Gasteiger partial charge < -0.3 is 9.64 Å². The van der Waals surface area contributed by atoms with Crippen molar-refractivity contribution < 1.29 is 22.7 Å². The van der Waals surface area contributed by atoms with Gasteiger partial charge in [-0.2, -0.15) is 18.4 Å². The summed E-state index contributed by atoms with van der Waals surface area (Å²) >= 11 is 0. The SMILES string of the molecule is CC1CC(C#N)(C(=O)N(C)CCOc2ccc(C(F)(F)F)cc2)C1. The van der Waals surface area contributed by atoms with E-state index < -0.39 is 17.2 Å². The Morgan fingerprint density at radius 3 is 2.42 bits per heavy atom. The molecule has 1 aliphatic carbocycles. The van der Waals surface area contributed by atoms with E-state index in [0.29, 0.717) is 24.5 Å². The zero-order valence-electron chi connectivity index (χ0n) is 13.6. The lowest BCUT2D eigenvalue weighted by atomic mass is 9.63. The zero-order chi connectivity index (χ0) is 18.0. The third-order valence-electron chi connectivity index (χ3n) is 4.24. The fraction of sp³-hybridized carbons (Fsp3) is 0.529. The molecule has 0 unspecified atom stereocenters. The highest BCUT2D eigenvalue weighted by atomic mass is 19.4. The van der Waals surface area contributed by atoms with Crippen LogP contribution in [0.5, 0.6) is 5.75 Å². The number of carbonyl (C=O) groups excluding carboxylic acids is 1. The van der Waals surface area contributed by atoms with Crippen molar-refractivity contribution in [3.05, 3.63) is 29.8 Å². The summed E-state index contributed by atoms with van der Waals surface area (Å²) in [6.45, 7) is 2.40. The van der Waals surface area contributed by atoms with Crippen LogP contribution in [0, 0.1) is 22.7 Å². The molecule has 1 fully saturated rings. The summed E-state index contributed by atoms with van der Waals surface area (Å²) in [5.74, 6) is 0.445. The minimum Gasteiger partial charge on any atom is -0.492 e. The van der Waals surface area contributed by atoms with E-state index in [2.05, 4.69) is 6.07 Å². The second-order valence-electron chi connectivity index (χ2n) is 6.30. The van der Waals surface area contributed by atoms with E-state index in [1.165, 1.54) is 17.0 Å². The lowest BCUT2D eigenvalue weighted by Gasteiger charge is -2.41. The fourth-order valence-corrected chi connectivity index (χ4v) is 2.95. The van der Waals surface area contributed by atoms with E-state index in [4.69, 9.17) is 4.74 Å². The van der Waals surface area contributed by atoms with Gasteiger partial charge in [0.25, 0.3) is 0 Å². The van der Waals surface area contributed by atoms with Crippen molar-refractivity contribution in [2.45, 2.75) is 25.9 Å². The molecule has 0 aliphatic heterocycles. The number of rotatable bonds is 5. The van der Waals surface area contributed by atoms with Crippen LogP contribution < -0.4 is 4.74 Å². The molecule has 1 saturated carbocycles. The van der Waals surface area contributed by atoms with Crippen molar-refractivity contribution >= 4 is 5.91 Å². The molecule has 1 amide bonds. The Morgan fingerprint density at radius 2 is 1.96 bits per heavy atom. The number of benzene rings is 1. The first-order valence-corrected chi connectivity index (χ1v) is 7.65. The molecule has 24 heavy (non-hydrogen) atoms. The largest absolute Gasteiger partial charge is 0.492 e. The first kappa shape index (κ1) is 18.1. The maximum Gasteiger partial charge on any atom is 0.416 e. The monoisotopic (exact) mass is 340 g/mol. The summed E-state index contributed by atoms with van der Waals surface area (Å²) in [4.78, 5) is 13.8. The number of alkyl halides is 3. The third kappa shape index (κ3) is 3.81. The Bertz CT molecular complexity index is 629. The van der Waals surface area contributed by atoms with E-state index in [9.17, 15) is 23.2 Å². The summed E-state index contributed by atoms with van der Waals surface area (Å²) in [6.07, 6.45) is -3.25. The molecule has 1 aromatic rings. The van der Waals surface area contributed by atoms with Crippen molar-refractivity contribution in [3.8, 4) is 11.8 Å². The average molecular weight is 340 g/mol. The number of hydrogen-bond acceptors (Lipinski definition) is 3. The highest BCUT2D eigenvalue weighted by Crippen LogP contribution is 2.46. The van der Waals surface area contributed by atoms with Crippen LogP contribution in [0.3, 0.4) is 0 Å². The first-order valence-electron chi connectivity index (χ1n) is 7.65. The lowest BCUT2D eigenvalue weighted by Crippen LogP contribution is -2.49. The van der Waals surface area contributed by atoms with Gasteiger partial charge in [-0.1, -0.05) is 6.92 Å². The zero-order valence-corrected chi connectivity index (χ0v) is 13.6. The lowest BCUT2D eigenvalue weighted by molar-refractivity contribution is -0.144. The fourth-order valence-electron chi connectivity index (χ4n) is 2.95. The number of amides is 1. The highest BCUT2D eigenvalue weighted by Gasteiger charge is 2.50. The van der Waals surface area contributed by atoms with Crippen LogP contribution in [0.4, 0.5) is 13.2 Å². The molecule has 2 rings (SSSR count). The average Bonchev–Trinajstić information content (AvgIpc) is 2.50. The topological polar surface area (TPSA) is 53.3 Å². The Kier molecular flexibility index (Phi) is 5.07. The molecule has 1 aromatic carbocycles. The minimum atomic E-state index is -4.38. The molecule has 0 saturated heterocycles. The predicted octanol–water partition coefficient (Wildman–Crippen LogP) is 3.48. The van der Waals surface area contributed by atoms with Crippen molar-refractivity contribution in [3.63, 3.8) is 0 Å². The molecule has 0 heterocycles. The predicted molar refractivity (Wildman–Crippen MR) is 81.0 cm³/mol. The quantitative estimate of drug-likeness (QED) is 0.824. The molecule has 0 aromatic heterocycles. The van der Waals surface area contributed by atoms with Gasteiger partial charge in [-0.05, 0) is 43.0 Å². The Morgan fingerprint density at radius 1 is 1.38 bits per heavy atom. The minimum absolute atomic E-state index is 0.144. The van der Waals surface area contributed by atoms with Crippen molar-refractivity contribution in [1.82, 2.24) is 4.90 Å². The maximum atomic E-state index is 12.5. The second kappa shape index (κ2) is 6.71. The van der Waals surface area contributed by atoms with E-state index in [1.54, 1.807) is 7.05 Å². The van der Waals surface area contributed by atoms with Crippen molar-refractivity contribution in [1.29, 1.82) is 5.26 Å². The van der Waals surface area contributed by atoms with E-state index >= 15 is 0 Å². The van der Waals surface area contributed by atoms with Gasteiger partial charge in [0.1, 0.15) is 17.8 Å². The smallest absolute Gasteiger partial charge is 0.416 e. The third-order valence-corrected chi connectivity index (χ3v) is 4.24. The Labute approximate surface area is 138 Å². The molecule has 130 valence electrons. The van der Waals surface area contributed by atoms with Gasteiger partial charge in [0.2, 0.25) is 5.91 Å². The molecule has 7 heteroatoms. The van der Waals surface area contributed by atoms with Crippen LogP contribution in [0.25, 0.3) is 0 Å². The van der Waals surface area contributed by atoms with E-state index in [-0.39, 0.29) is 19.1 Å². The number of hydrogen-bond donors (Lipinski definition) is 0. The number of carbonyl (C=O) groups is 1. The van der Waals surface area contributed by atoms with Gasteiger partial charge in [0.05, 0.1) is 18.2 Å². The normalized spacial score (nSPS) is 23.1. The van der Waals surface area contributed by atoms with Crippen LogP contribution in [-0.4, -0.2) is 31.0 Å². The molecule has 0 spiro atoms. The number of halogens is 3. The van der Waals surface area contributed by atoms with Gasteiger partial charge in [0, 0.05) is 7.05 Å². The number of nitrogens with zero attached hydrogens (tertiary/aromatic N) is 2. The molecule has 1 aliphatic rings. The first-order chi connectivity index (χ1) is 11.2. The molecule has 0 N–H and O–H groups in total. The van der Waals surface area contributed by atoms with Crippen LogP contribution in [0.1, 0.15) is 25.3 Å². The summed E-state index contributed by atoms with van der Waals surface area (Å²) in [7, 11) is 1.60. The number of nitriles is 1. The van der Waals surface area contributed by atoms with Gasteiger partial charge in [-0.25, -0.2) is 0 Å². The van der Waals surface area contributed by atoms with Gasteiger partial charge >= 0.3 is 6.18 Å². The van der Waals surface area contributed by atoms with E-state index in [1.807, 2.05) is 6.92 Å². The molecular formula is C17H19F3N2O2. The molecule has 4 nitrogen and oxygen atoms in total. The Hall–Kier alpha value is -2.23.